The highest BCUT2D eigenvalue weighted by Gasteiger charge is 2.29. The van der Waals surface area contributed by atoms with Gasteiger partial charge in [0.2, 0.25) is 15.9 Å². The Balaban J connectivity index is 1.37. The Morgan fingerprint density at radius 2 is 1.94 bits per heavy atom. The van der Waals surface area contributed by atoms with Crippen molar-refractivity contribution in [3.05, 3.63) is 60.4 Å². The summed E-state index contributed by atoms with van der Waals surface area (Å²) < 4.78 is 28.4. The van der Waals surface area contributed by atoms with E-state index in [-0.39, 0.29) is 17.3 Å². The number of hydrogen-bond acceptors (Lipinski definition) is 7. The molecule has 1 amide bonds. The molecule has 1 aliphatic rings. The maximum Gasteiger partial charge on any atom is 0.244 e. The van der Waals surface area contributed by atoms with Gasteiger partial charge in [-0.3, -0.25) is 14.7 Å². The lowest BCUT2D eigenvalue weighted by Crippen LogP contribution is -2.50. The third-order valence-corrected chi connectivity index (χ3v) is 6.99. The van der Waals surface area contributed by atoms with E-state index >= 15 is 0 Å². The van der Waals surface area contributed by atoms with E-state index in [4.69, 9.17) is 11.6 Å². The summed E-state index contributed by atoms with van der Waals surface area (Å²) >= 11 is 6.09. The lowest BCUT2D eigenvalue weighted by molar-refractivity contribution is -0.117. The molecule has 1 aromatic carbocycles. The predicted octanol–water partition coefficient (Wildman–Crippen LogP) is 1.26. The summed E-state index contributed by atoms with van der Waals surface area (Å²) in [6.07, 6.45) is 5.80. The van der Waals surface area contributed by atoms with Crippen molar-refractivity contribution >= 4 is 33.2 Å². The number of pyridine rings is 1. The Kier molecular flexibility index (Phi) is 6.28. The van der Waals surface area contributed by atoms with Gasteiger partial charge in [-0.1, -0.05) is 11.6 Å². The maximum absolute atomic E-state index is 12.7. The van der Waals surface area contributed by atoms with Gasteiger partial charge in [-0.05, 0) is 30.3 Å². The SMILES string of the molecule is O=C(CN1CCN(S(=O)(=O)c2cccnc2)CC1)Nc1cc(Cl)ccc1-n1cncn1. The molecule has 3 aromatic rings. The molecule has 1 aliphatic heterocycles. The van der Waals surface area contributed by atoms with Gasteiger partial charge < -0.3 is 5.32 Å². The van der Waals surface area contributed by atoms with Crippen molar-refractivity contribution in [2.24, 2.45) is 0 Å². The summed E-state index contributed by atoms with van der Waals surface area (Å²) in [5, 5.41) is 7.43. The number of nitrogens with zero attached hydrogens (tertiary/aromatic N) is 6. The fraction of sp³-hybridized carbons (Fsp3) is 0.263. The van der Waals surface area contributed by atoms with Crippen LogP contribution in [0.3, 0.4) is 0 Å². The van der Waals surface area contributed by atoms with Gasteiger partial charge in [0.05, 0.1) is 17.9 Å². The van der Waals surface area contributed by atoms with E-state index in [0.717, 1.165) is 0 Å². The highest BCUT2D eigenvalue weighted by Crippen LogP contribution is 2.24. The molecule has 1 saturated heterocycles. The normalized spacial score (nSPS) is 15.6. The molecule has 31 heavy (non-hydrogen) atoms. The topological polar surface area (TPSA) is 113 Å². The number of benzene rings is 1. The molecule has 1 fully saturated rings. The molecule has 2 aromatic heterocycles. The lowest BCUT2D eigenvalue weighted by atomic mass is 10.2. The van der Waals surface area contributed by atoms with Crippen LogP contribution in [-0.4, -0.2) is 76.0 Å². The minimum atomic E-state index is -3.58. The molecule has 0 aliphatic carbocycles. The first-order chi connectivity index (χ1) is 14.9. The molecular formula is C19H20ClN7O3S. The second-order valence-electron chi connectivity index (χ2n) is 6.92. The van der Waals surface area contributed by atoms with Crippen LogP contribution in [0.4, 0.5) is 5.69 Å². The second kappa shape index (κ2) is 9.10. The van der Waals surface area contributed by atoms with E-state index in [2.05, 4.69) is 20.4 Å². The molecule has 0 spiro atoms. The summed E-state index contributed by atoms with van der Waals surface area (Å²) in [6.45, 7) is 1.61. The number of piperazine rings is 1. The van der Waals surface area contributed by atoms with Crippen molar-refractivity contribution in [3.8, 4) is 5.69 Å². The van der Waals surface area contributed by atoms with Crippen LogP contribution in [0, 0.1) is 0 Å². The van der Waals surface area contributed by atoms with Gasteiger partial charge in [-0.2, -0.15) is 9.40 Å². The zero-order valence-corrected chi connectivity index (χ0v) is 18.0. The van der Waals surface area contributed by atoms with Crippen LogP contribution in [0.5, 0.6) is 0 Å². The van der Waals surface area contributed by atoms with Gasteiger partial charge in [-0.25, -0.2) is 18.1 Å². The molecule has 12 heteroatoms. The van der Waals surface area contributed by atoms with Gasteiger partial charge in [0, 0.05) is 43.6 Å². The van der Waals surface area contributed by atoms with Crippen LogP contribution in [0.2, 0.25) is 5.02 Å². The van der Waals surface area contributed by atoms with Crippen LogP contribution in [0.25, 0.3) is 5.69 Å². The van der Waals surface area contributed by atoms with Crippen LogP contribution >= 0.6 is 11.6 Å². The van der Waals surface area contributed by atoms with Crippen LogP contribution in [-0.2, 0) is 14.8 Å². The van der Waals surface area contributed by atoms with Crippen molar-refractivity contribution in [1.82, 2.24) is 29.0 Å². The molecule has 0 atom stereocenters. The van der Waals surface area contributed by atoms with Crippen LogP contribution < -0.4 is 5.32 Å². The van der Waals surface area contributed by atoms with Crippen molar-refractivity contribution in [2.75, 3.05) is 38.0 Å². The van der Waals surface area contributed by atoms with Gasteiger partial charge in [0.25, 0.3) is 0 Å². The molecule has 3 heterocycles. The zero-order valence-electron chi connectivity index (χ0n) is 16.4. The molecular weight excluding hydrogens is 442 g/mol. The van der Waals surface area contributed by atoms with E-state index < -0.39 is 10.0 Å². The average Bonchev–Trinajstić information content (AvgIpc) is 3.29. The molecule has 10 nitrogen and oxygen atoms in total. The van der Waals surface area contributed by atoms with Crippen molar-refractivity contribution in [2.45, 2.75) is 4.90 Å². The Hall–Kier alpha value is -2.86. The molecule has 4 rings (SSSR count). The number of nitrogens with one attached hydrogen (secondary N) is 1. The maximum atomic E-state index is 12.7. The quantitative estimate of drug-likeness (QED) is 0.587. The number of hydrogen-bond donors (Lipinski definition) is 1. The fourth-order valence-electron chi connectivity index (χ4n) is 3.31. The number of carbonyl (C=O) groups excluding carboxylic acids is 1. The minimum Gasteiger partial charge on any atom is -0.323 e. The summed E-state index contributed by atoms with van der Waals surface area (Å²) in [7, 11) is -3.58. The van der Waals surface area contributed by atoms with Gasteiger partial charge >= 0.3 is 0 Å². The predicted molar refractivity (Wildman–Crippen MR) is 114 cm³/mol. The number of carbonyl (C=O) groups is 1. The fourth-order valence-corrected chi connectivity index (χ4v) is 4.87. The minimum absolute atomic E-state index is 0.129. The van der Waals surface area contributed by atoms with Gasteiger partial charge in [0.15, 0.2) is 0 Å². The summed E-state index contributed by atoms with van der Waals surface area (Å²) in [5.74, 6) is -0.229. The second-order valence-corrected chi connectivity index (χ2v) is 9.29. The number of amides is 1. The van der Waals surface area contributed by atoms with E-state index in [9.17, 15) is 13.2 Å². The number of aromatic nitrogens is 4. The Labute approximate surface area is 184 Å². The summed E-state index contributed by atoms with van der Waals surface area (Å²) in [5.41, 5.74) is 1.16. The molecule has 0 bridgehead atoms. The van der Waals surface area contributed by atoms with E-state index in [1.165, 1.54) is 40.1 Å². The third kappa shape index (κ3) is 4.90. The van der Waals surface area contributed by atoms with Crippen LogP contribution in [0.15, 0.2) is 60.3 Å². The summed E-state index contributed by atoms with van der Waals surface area (Å²) in [6, 6.07) is 8.22. The zero-order chi connectivity index (χ0) is 21.8. The highest BCUT2D eigenvalue weighted by molar-refractivity contribution is 7.89. The number of halogens is 1. The van der Waals surface area contributed by atoms with E-state index in [1.54, 1.807) is 24.3 Å². The van der Waals surface area contributed by atoms with E-state index in [0.29, 0.717) is 42.6 Å². The Morgan fingerprint density at radius 3 is 2.61 bits per heavy atom. The van der Waals surface area contributed by atoms with Gasteiger partial charge in [0.1, 0.15) is 17.6 Å². The van der Waals surface area contributed by atoms with E-state index in [1.807, 2.05) is 4.90 Å². The lowest BCUT2D eigenvalue weighted by Gasteiger charge is -2.33. The van der Waals surface area contributed by atoms with Crippen molar-refractivity contribution < 1.29 is 13.2 Å². The molecule has 1 N–H and O–H groups in total. The average molecular weight is 462 g/mol. The Morgan fingerprint density at radius 1 is 1.13 bits per heavy atom. The summed E-state index contributed by atoms with van der Waals surface area (Å²) in [4.78, 5) is 22.5. The highest BCUT2D eigenvalue weighted by atomic mass is 35.5. The van der Waals surface area contributed by atoms with Crippen LogP contribution in [0.1, 0.15) is 0 Å². The molecule has 162 valence electrons. The molecule has 0 unspecified atom stereocenters. The smallest absolute Gasteiger partial charge is 0.244 e. The van der Waals surface area contributed by atoms with Crippen molar-refractivity contribution in [3.63, 3.8) is 0 Å². The third-order valence-electron chi connectivity index (χ3n) is 4.87. The Bertz CT molecular complexity index is 1150. The first kappa shape index (κ1) is 21.4. The number of anilines is 1. The monoisotopic (exact) mass is 461 g/mol. The first-order valence-corrected chi connectivity index (χ1v) is 11.3. The molecule has 0 radical (unpaired) electrons. The number of rotatable bonds is 6. The standard InChI is InChI=1S/C19H20ClN7O3S/c20-15-3-4-18(27-14-22-13-23-27)17(10-15)24-19(28)12-25-6-8-26(9-7-25)31(29,30)16-2-1-5-21-11-16/h1-5,10-11,13-14H,6-9,12H2,(H,24,28). The first-order valence-electron chi connectivity index (χ1n) is 9.50. The largest absolute Gasteiger partial charge is 0.323 e. The van der Waals surface area contributed by atoms with Gasteiger partial charge in [-0.15, -0.1) is 0 Å². The molecule has 0 saturated carbocycles. The number of sulfonamides is 1. The van der Waals surface area contributed by atoms with Crippen molar-refractivity contribution in [1.29, 1.82) is 0 Å².